The van der Waals surface area contributed by atoms with Crippen molar-refractivity contribution >= 4 is 33.3 Å². The van der Waals surface area contributed by atoms with Crippen LogP contribution in [0.25, 0.3) is 11.1 Å². The second-order valence-electron chi connectivity index (χ2n) is 8.11. The van der Waals surface area contributed by atoms with E-state index in [1.807, 2.05) is 0 Å². The fourth-order valence-corrected chi connectivity index (χ4v) is 5.37. The predicted molar refractivity (Wildman–Crippen MR) is 124 cm³/mol. The minimum absolute atomic E-state index is 0.0480. The summed E-state index contributed by atoms with van der Waals surface area (Å²) in [7, 11) is -3.97. The first kappa shape index (κ1) is 22.0. The number of sulfonamides is 1. The SMILES string of the molecule is Cc1ccc(-c2c(C)nn3c2NC(=O)CCC3=O)cc1S(=O)(=O)Nc1ccc2c(c1)OCCO2. The minimum Gasteiger partial charge on any atom is -0.486 e. The third kappa shape index (κ3) is 3.87. The number of ether oxygens (including phenoxy) is 2. The molecular weight excluding hydrogens is 460 g/mol. The summed E-state index contributed by atoms with van der Waals surface area (Å²) in [4.78, 5) is 24.6. The molecule has 2 aromatic carbocycles. The van der Waals surface area contributed by atoms with Gasteiger partial charge in [-0.15, -0.1) is 0 Å². The zero-order valence-corrected chi connectivity index (χ0v) is 19.4. The van der Waals surface area contributed by atoms with Crippen LogP contribution in [-0.4, -0.2) is 43.2 Å². The fraction of sp³-hybridized carbons (Fsp3) is 0.261. The summed E-state index contributed by atoms with van der Waals surface area (Å²) in [5.74, 6) is 0.672. The number of nitrogens with one attached hydrogen (secondary N) is 2. The van der Waals surface area contributed by atoms with Crippen LogP contribution in [-0.2, 0) is 14.8 Å². The smallest absolute Gasteiger partial charge is 0.262 e. The van der Waals surface area contributed by atoms with Gasteiger partial charge in [-0.25, -0.2) is 8.42 Å². The zero-order chi connectivity index (χ0) is 24.0. The Morgan fingerprint density at radius 1 is 1.00 bits per heavy atom. The van der Waals surface area contributed by atoms with Crippen LogP contribution < -0.4 is 19.5 Å². The lowest BCUT2D eigenvalue weighted by Crippen LogP contribution is -2.17. The number of benzene rings is 2. The third-order valence-electron chi connectivity index (χ3n) is 5.68. The van der Waals surface area contributed by atoms with Gasteiger partial charge in [0.15, 0.2) is 11.5 Å². The fourth-order valence-electron chi connectivity index (χ4n) is 4.05. The second kappa shape index (κ2) is 8.17. The van der Waals surface area contributed by atoms with E-state index in [0.717, 1.165) is 0 Å². The van der Waals surface area contributed by atoms with Crippen LogP contribution >= 0.6 is 0 Å². The number of fused-ring (bicyclic) bond motifs is 2. The van der Waals surface area contributed by atoms with E-state index in [-0.39, 0.29) is 35.4 Å². The quantitative estimate of drug-likeness (QED) is 0.585. The van der Waals surface area contributed by atoms with Crippen molar-refractivity contribution in [2.75, 3.05) is 23.3 Å². The molecule has 0 radical (unpaired) electrons. The highest BCUT2D eigenvalue weighted by molar-refractivity contribution is 7.92. The van der Waals surface area contributed by atoms with Crippen LogP contribution in [0.3, 0.4) is 0 Å². The minimum atomic E-state index is -3.97. The van der Waals surface area contributed by atoms with E-state index in [1.54, 1.807) is 44.2 Å². The Hall–Kier alpha value is -3.86. The van der Waals surface area contributed by atoms with Gasteiger partial charge < -0.3 is 14.8 Å². The average Bonchev–Trinajstić information content (AvgIpc) is 3.05. The summed E-state index contributed by atoms with van der Waals surface area (Å²) >= 11 is 0. The van der Waals surface area contributed by atoms with E-state index in [2.05, 4.69) is 15.1 Å². The summed E-state index contributed by atoms with van der Waals surface area (Å²) in [6, 6.07) is 9.77. The molecule has 0 atom stereocenters. The molecule has 0 fully saturated rings. The molecule has 176 valence electrons. The Morgan fingerprint density at radius 3 is 2.56 bits per heavy atom. The molecule has 1 aromatic heterocycles. The number of amides is 1. The summed E-state index contributed by atoms with van der Waals surface area (Å²) in [5, 5.41) is 7.02. The molecule has 0 saturated heterocycles. The lowest BCUT2D eigenvalue weighted by atomic mass is 10.0. The van der Waals surface area contributed by atoms with Crippen molar-refractivity contribution in [2.24, 2.45) is 0 Å². The van der Waals surface area contributed by atoms with Gasteiger partial charge in [0.25, 0.3) is 10.0 Å². The van der Waals surface area contributed by atoms with Gasteiger partial charge in [0.2, 0.25) is 11.8 Å². The zero-order valence-electron chi connectivity index (χ0n) is 18.5. The van der Waals surface area contributed by atoms with Crippen molar-refractivity contribution in [2.45, 2.75) is 31.6 Å². The van der Waals surface area contributed by atoms with Crippen LogP contribution in [0.2, 0.25) is 0 Å². The number of carbonyl (C=O) groups excluding carboxylic acids is 2. The Balaban J connectivity index is 1.54. The van der Waals surface area contributed by atoms with Crippen LogP contribution in [0.4, 0.5) is 11.5 Å². The molecular formula is C23H22N4O6S. The second-order valence-corrected chi connectivity index (χ2v) is 9.76. The van der Waals surface area contributed by atoms with Gasteiger partial charge in [0.05, 0.1) is 16.3 Å². The number of carbonyl (C=O) groups is 2. The number of hydrogen-bond donors (Lipinski definition) is 2. The van der Waals surface area contributed by atoms with E-state index in [4.69, 9.17) is 9.47 Å². The van der Waals surface area contributed by atoms with Crippen LogP contribution in [0, 0.1) is 13.8 Å². The molecule has 5 rings (SSSR count). The van der Waals surface area contributed by atoms with Gasteiger partial charge in [0.1, 0.15) is 19.0 Å². The van der Waals surface area contributed by atoms with Gasteiger partial charge in [0, 0.05) is 24.5 Å². The van der Waals surface area contributed by atoms with Crippen molar-refractivity contribution in [3.8, 4) is 22.6 Å². The molecule has 2 N–H and O–H groups in total. The highest BCUT2D eigenvalue weighted by Crippen LogP contribution is 2.36. The molecule has 3 heterocycles. The highest BCUT2D eigenvalue weighted by atomic mass is 32.2. The number of hydrogen-bond acceptors (Lipinski definition) is 7. The summed E-state index contributed by atoms with van der Waals surface area (Å²) in [5.41, 5.74) is 2.38. The summed E-state index contributed by atoms with van der Waals surface area (Å²) in [6.45, 7) is 4.23. The maximum absolute atomic E-state index is 13.3. The molecule has 0 saturated carbocycles. The van der Waals surface area contributed by atoms with E-state index in [0.29, 0.717) is 52.8 Å². The number of aryl methyl sites for hydroxylation is 2. The normalized spacial score (nSPS) is 15.4. The molecule has 11 heteroatoms. The maximum atomic E-state index is 13.3. The van der Waals surface area contributed by atoms with Gasteiger partial charge in [-0.2, -0.15) is 9.78 Å². The molecule has 1 amide bonds. The first-order valence-corrected chi connectivity index (χ1v) is 12.2. The number of aromatic nitrogens is 2. The van der Waals surface area contributed by atoms with Crippen molar-refractivity contribution in [1.29, 1.82) is 0 Å². The maximum Gasteiger partial charge on any atom is 0.262 e. The third-order valence-corrected chi connectivity index (χ3v) is 7.20. The molecule has 3 aromatic rings. The molecule has 10 nitrogen and oxygen atoms in total. The van der Waals surface area contributed by atoms with Crippen molar-refractivity contribution in [3.63, 3.8) is 0 Å². The number of nitrogens with zero attached hydrogens (tertiary/aromatic N) is 2. The van der Waals surface area contributed by atoms with Crippen molar-refractivity contribution in [3.05, 3.63) is 47.7 Å². The Labute approximate surface area is 195 Å². The first-order chi connectivity index (χ1) is 16.2. The molecule has 0 aliphatic carbocycles. The van der Waals surface area contributed by atoms with Gasteiger partial charge in [-0.3, -0.25) is 14.3 Å². The molecule has 0 unspecified atom stereocenters. The molecule has 2 aliphatic rings. The van der Waals surface area contributed by atoms with E-state index in [1.165, 1.54) is 10.7 Å². The monoisotopic (exact) mass is 482 g/mol. The summed E-state index contributed by atoms with van der Waals surface area (Å²) in [6.07, 6.45) is 0.111. The molecule has 0 bridgehead atoms. The first-order valence-electron chi connectivity index (χ1n) is 10.7. The Bertz CT molecular complexity index is 1440. The Kier molecular flexibility index (Phi) is 5.28. The van der Waals surface area contributed by atoms with E-state index < -0.39 is 10.0 Å². The molecule has 0 spiro atoms. The van der Waals surface area contributed by atoms with Gasteiger partial charge in [-0.05, 0) is 43.2 Å². The van der Waals surface area contributed by atoms with E-state index >= 15 is 0 Å². The van der Waals surface area contributed by atoms with Gasteiger partial charge >= 0.3 is 0 Å². The van der Waals surface area contributed by atoms with Gasteiger partial charge in [-0.1, -0.05) is 12.1 Å². The molecule has 34 heavy (non-hydrogen) atoms. The standard InChI is InChI=1S/C23H22N4O6S/c1-13-3-4-15(22-14(2)25-27-21(29)8-7-20(28)24-23(22)27)11-19(13)34(30,31)26-16-5-6-17-18(12-16)33-10-9-32-17/h3-6,11-12,26H,7-10H2,1-2H3,(H,24,28). The highest BCUT2D eigenvalue weighted by Gasteiger charge is 2.27. The van der Waals surface area contributed by atoms with Crippen LogP contribution in [0.1, 0.15) is 28.9 Å². The van der Waals surface area contributed by atoms with E-state index in [9.17, 15) is 18.0 Å². The number of rotatable bonds is 4. The predicted octanol–water partition coefficient (Wildman–Crippen LogP) is 3.11. The topological polar surface area (TPSA) is 129 Å². The van der Waals surface area contributed by atoms with Crippen LogP contribution in [0.5, 0.6) is 11.5 Å². The van der Waals surface area contributed by atoms with Crippen LogP contribution in [0.15, 0.2) is 41.3 Å². The lowest BCUT2D eigenvalue weighted by molar-refractivity contribution is -0.116. The largest absolute Gasteiger partial charge is 0.486 e. The number of anilines is 2. The van der Waals surface area contributed by atoms with Crippen molar-refractivity contribution < 1.29 is 27.5 Å². The molecule has 2 aliphatic heterocycles. The van der Waals surface area contributed by atoms with Crippen molar-refractivity contribution in [1.82, 2.24) is 9.78 Å². The average molecular weight is 483 g/mol. The lowest BCUT2D eigenvalue weighted by Gasteiger charge is -2.19. The summed E-state index contributed by atoms with van der Waals surface area (Å²) < 4.78 is 41.4. The Morgan fingerprint density at radius 2 is 1.76 bits per heavy atom.